The molecule has 0 spiro atoms. The number of ether oxygens (including phenoxy) is 3. The SMILES string of the molecule is C=CC(=O)OC1COC(C(CO)OC(=O)CC=S)C1. The lowest BCUT2D eigenvalue weighted by Crippen LogP contribution is -2.34. The van der Waals surface area contributed by atoms with E-state index in [0.29, 0.717) is 6.42 Å². The third-order valence-corrected chi connectivity index (χ3v) is 2.73. The van der Waals surface area contributed by atoms with Crippen molar-refractivity contribution in [2.45, 2.75) is 31.2 Å². The van der Waals surface area contributed by atoms with Gasteiger partial charge in [-0.15, -0.1) is 0 Å². The van der Waals surface area contributed by atoms with E-state index in [1.807, 2.05) is 0 Å². The summed E-state index contributed by atoms with van der Waals surface area (Å²) >= 11 is 4.55. The molecule has 3 unspecified atom stereocenters. The second kappa shape index (κ2) is 7.98. The average Bonchev–Trinajstić information content (AvgIpc) is 2.84. The van der Waals surface area contributed by atoms with Crippen molar-refractivity contribution >= 4 is 29.5 Å². The molecule has 0 saturated carbocycles. The molecule has 0 aliphatic carbocycles. The normalized spacial score (nSPS) is 23.4. The lowest BCUT2D eigenvalue weighted by molar-refractivity contribution is -0.157. The molecule has 1 rings (SSSR count). The Morgan fingerprint density at radius 1 is 1.58 bits per heavy atom. The zero-order valence-corrected chi connectivity index (χ0v) is 11.1. The standard InChI is InChI=1S/C12H16O6S/c1-2-11(14)17-8-5-9(16-7-8)10(6-13)18-12(15)3-4-19/h2,4,8-10,13H,1,3,5-7H2. The lowest BCUT2D eigenvalue weighted by Gasteiger charge is -2.20. The fourth-order valence-corrected chi connectivity index (χ4v) is 1.83. The van der Waals surface area contributed by atoms with Crippen molar-refractivity contribution in [1.29, 1.82) is 0 Å². The molecule has 1 heterocycles. The highest BCUT2D eigenvalue weighted by atomic mass is 32.1. The minimum absolute atomic E-state index is 0.00652. The van der Waals surface area contributed by atoms with E-state index in [-0.39, 0.29) is 19.6 Å². The van der Waals surface area contributed by atoms with E-state index in [0.717, 1.165) is 6.08 Å². The van der Waals surface area contributed by atoms with Crippen molar-refractivity contribution in [3.05, 3.63) is 12.7 Å². The van der Waals surface area contributed by atoms with E-state index >= 15 is 0 Å². The summed E-state index contributed by atoms with van der Waals surface area (Å²) in [6, 6.07) is 0. The number of aliphatic hydroxyl groups is 1. The smallest absolute Gasteiger partial charge is 0.330 e. The van der Waals surface area contributed by atoms with Gasteiger partial charge in [-0.25, -0.2) is 4.79 Å². The minimum Gasteiger partial charge on any atom is -0.457 e. The van der Waals surface area contributed by atoms with Crippen molar-refractivity contribution in [3.63, 3.8) is 0 Å². The number of carbonyl (C=O) groups is 2. The van der Waals surface area contributed by atoms with Gasteiger partial charge in [0.25, 0.3) is 0 Å². The van der Waals surface area contributed by atoms with Gasteiger partial charge < -0.3 is 19.3 Å². The number of esters is 2. The maximum atomic E-state index is 11.3. The van der Waals surface area contributed by atoms with E-state index < -0.39 is 30.3 Å². The Balaban J connectivity index is 2.46. The van der Waals surface area contributed by atoms with Crippen LogP contribution in [-0.4, -0.2) is 53.9 Å². The Kier molecular flexibility index (Phi) is 6.61. The molecular formula is C12H16O6S. The van der Waals surface area contributed by atoms with Crippen LogP contribution < -0.4 is 0 Å². The Labute approximate surface area is 116 Å². The van der Waals surface area contributed by atoms with Crippen molar-refractivity contribution in [3.8, 4) is 0 Å². The molecule has 3 atom stereocenters. The van der Waals surface area contributed by atoms with Gasteiger partial charge in [0, 0.05) is 12.5 Å². The first-order valence-corrected chi connectivity index (χ1v) is 6.26. The van der Waals surface area contributed by atoms with E-state index in [2.05, 4.69) is 18.8 Å². The Morgan fingerprint density at radius 3 is 2.89 bits per heavy atom. The summed E-state index contributed by atoms with van der Waals surface area (Å²) in [7, 11) is 0. The predicted octanol–water partition coefficient (Wildman–Crippen LogP) is 0.167. The van der Waals surface area contributed by atoms with Crippen LogP contribution in [0.2, 0.25) is 0 Å². The van der Waals surface area contributed by atoms with Gasteiger partial charge in [-0.1, -0.05) is 18.8 Å². The van der Waals surface area contributed by atoms with Gasteiger partial charge in [0.2, 0.25) is 0 Å². The molecular weight excluding hydrogens is 272 g/mol. The van der Waals surface area contributed by atoms with Crippen molar-refractivity contribution in [1.82, 2.24) is 0 Å². The van der Waals surface area contributed by atoms with E-state index in [4.69, 9.17) is 14.2 Å². The number of hydrogen-bond acceptors (Lipinski definition) is 7. The predicted molar refractivity (Wildman–Crippen MR) is 69.7 cm³/mol. The molecule has 0 bridgehead atoms. The molecule has 0 radical (unpaired) electrons. The first-order chi connectivity index (χ1) is 9.10. The third-order valence-electron chi connectivity index (χ3n) is 2.57. The molecule has 1 aliphatic rings. The van der Waals surface area contributed by atoms with Crippen LogP contribution >= 0.6 is 12.2 Å². The zero-order valence-electron chi connectivity index (χ0n) is 10.3. The summed E-state index contributed by atoms with van der Waals surface area (Å²) < 4.78 is 15.4. The number of rotatable bonds is 7. The molecule has 7 heteroatoms. The van der Waals surface area contributed by atoms with Crippen molar-refractivity contribution < 1.29 is 28.9 Å². The van der Waals surface area contributed by atoms with E-state index in [1.165, 1.54) is 5.37 Å². The van der Waals surface area contributed by atoms with Crippen LogP contribution in [0.4, 0.5) is 0 Å². The maximum absolute atomic E-state index is 11.3. The molecule has 0 aromatic heterocycles. The molecule has 1 N–H and O–H groups in total. The van der Waals surface area contributed by atoms with Crippen LogP contribution in [0.1, 0.15) is 12.8 Å². The lowest BCUT2D eigenvalue weighted by atomic mass is 10.1. The van der Waals surface area contributed by atoms with E-state index in [1.54, 1.807) is 0 Å². The van der Waals surface area contributed by atoms with E-state index in [9.17, 15) is 14.7 Å². The van der Waals surface area contributed by atoms with Crippen LogP contribution in [0.5, 0.6) is 0 Å². The first kappa shape index (κ1) is 15.7. The van der Waals surface area contributed by atoms with Gasteiger partial charge in [-0.2, -0.15) is 0 Å². The van der Waals surface area contributed by atoms with Gasteiger partial charge in [-0.3, -0.25) is 4.79 Å². The van der Waals surface area contributed by atoms with Gasteiger partial charge in [0.1, 0.15) is 12.2 Å². The number of aliphatic hydroxyl groups excluding tert-OH is 1. The molecule has 106 valence electrons. The average molecular weight is 288 g/mol. The quantitative estimate of drug-likeness (QED) is 0.406. The molecule has 19 heavy (non-hydrogen) atoms. The second-order valence-corrected chi connectivity index (χ2v) is 4.29. The van der Waals surface area contributed by atoms with Crippen molar-refractivity contribution in [2.24, 2.45) is 0 Å². The molecule has 0 aromatic rings. The molecule has 0 amide bonds. The van der Waals surface area contributed by atoms with Gasteiger partial charge in [-0.05, 0) is 5.37 Å². The fourth-order valence-electron chi connectivity index (χ4n) is 1.70. The van der Waals surface area contributed by atoms with Crippen LogP contribution in [0.25, 0.3) is 0 Å². The van der Waals surface area contributed by atoms with Crippen LogP contribution in [-0.2, 0) is 23.8 Å². The molecule has 1 saturated heterocycles. The topological polar surface area (TPSA) is 82.1 Å². The van der Waals surface area contributed by atoms with Crippen LogP contribution in [0.3, 0.4) is 0 Å². The molecule has 1 fully saturated rings. The number of carbonyl (C=O) groups excluding carboxylic acids is 2. The summed E-state index contributed by atoms with van der Waals surface area (Å²) in [4.78, 5) is 22.3. The van der Waals surface area contributed by atoms with Gasteiger partial charge in [0.05, 0.1) is 19.6 Å². The first-order valence-electron chi connectivity index (χ1n) is 5.79. The van der Waals surface area contributed by atoms with Crippen LogP contribution in [0, 0.1) is 0 Å². The monoisotopic (exact) mass is 288 g/mol. The Morgan fingerprint density at radius 2 is 2.32 bits per heavy atom. The van der Waals surface area contributed by atoms with Crippen molar-refractivity contribution in [2.75, 3.05) is 13.2 Å². The fraction of sp³-hybridized carbons (Fsp3) is 0.583. The Bertz CT molecular complexity index is 356. The molecule has 6 nitrogen and oxygen atoms in total. The highest BCUT2D eigenvalue weighted by Crippen LogP contribution is 2.21. The second-order valence-electron chi connectivity index (χ2n) is 3.95. The number of hydrogen-bond donors (Lipinski definition) is 1. The van der Waals surface area contributed by atoms with Gasteiger partial charge >= 0.3 is 11.9 Å². The Hall–Kier alpha value is -1.31. The maximum Gasteiger partial charge on any atom is 0.330 e. The molecule has 0 aromatic carbocycles. The summed E-state index contributed by atoms with van der Waals surface area (Å²) in [5.74, 6) is -1.06. The summed E-state index contributed by atoms with van der Waals surface area (Å²) in [6.45, 7) is 3.13. The van der Waals surface area contributed by atoms with Gasteiger partial charge in [0.15, 0.2) is 6.10 Å². The minimum atomic E-state index is -0.783. The highest BCUT2D eigenvalue weighted by molar-refractivity contribution is 7.79. The van der Waals surface area contributed by atoms with Crippen LogP contribution in [0.15, 0.2) is 12.7 Å². The summed E-state index contributed by atoms with van der Waals surface area (Å²) in [5, 5.41) is 10.5. The summed E-state index contributed by atoms with van der Waals surface area (Å²) in [6.07, 6.45) is -0.287. The summed E-state index contributed by atoms with van der Waals surface area (Å²) in [5.41, 5.74) is 0. The zero-order chi connectivity index (χ0) is 14.3. The third kappa shape index (κ3) is 5.06. The highest BCUT2D eigenvalue weighted by Gasteiger charge is 2.35. The molecule has 1 aliphatic heterocycles. The largest absolute Gasteiger partial charge is 0.457 e. The number of thiocarbonyl (C=S) groups is 1.